The Hall–Kier alpha value is -1.63. The molecular formula is C14H17BrFNO4. The third-order valence-electron chi connectivity index (χ3n) is 3.05. The number of carboxylic acid groups (broad SMARTS) is 1. The molecule has 0 radical (unpaired) electrons. The highest BCUT2D eigenvalue weighted by Crippen LogP contribution is 2.25. The molecule has 0 saturated carbocycles. The molecule has 116 valence electrons. The van der Waals surface area contributed by atoms with E-state index in [1.54, 1.807) is 6.92 Å². The van der Waals surface area contributed by atoms with Crippen LogP contribution in [0.5, 0.6) is 5.75 Å². The van der Waals surface area contributed by atoms with Crippen molar-refractivity contribution in [3.05, 3.63) is 28.5 Å². The monoisotopic (exact) mass is 361 g/mol. The summed E-state index contributed by atoms with van der Waals surface area (Å²) in [5.41, 5.74) is 0. The maximum absolute atomic E-state index is 12.9. The molecule has 0 aliphatic carbocycles. The molecule has 5 nitrogen and oxygen atoms in total. The summed E-state index contributed by atoms with van der Waals surface area (Å²) in [5.74, 6) is -1.94. The Morgan fingerprint density at radius 1 is 1.48 bits per heavy atom. The topological polar surface area (TPSA) is 75.6 Å². The highest BCUT2D eigenvalue weighted by molar-refractivity contribution is 9.10. The predicted molar refractivity (Wildman–Crippen MR) is 78.6 cm³/mol. The Bertz CT molecular complexity index is 524. The quantitative estimate of drug-likeness (QED) is 0.782. The van der Waals surface area contributed by atoms with E-state index >= 15 is 0 Å². The fourth-order valence-electron chi connectivity index (χ4n) is 1.63. The number of hydrogen-bond acceptors (Lipinski definition) is 3. The molecule has 21 heavy (non-hydrogen) atoms. The lowest BCUT2D eigenvalue weighted by Gasteiger charge is -2.20. The van der Waals surface area contributed by atoms with Crippen LogP contribution in [0.4, 0.5) is 4.39 Å². The molecular weight excluding hydrogens is 345 g/mol. The summed E-state index contributed by atoms with van der Waals surface area (Å²) < 4.78 is 18.5. The van der Waals surface area contributed by atoms with E-state index in [0.717, 1.165) is 0 Å². The molecule has 0 unspecified atom stereocenters. The number of carbonyl (C=O) groups excluding carboxylic acids is 1. The summed E-state index contributed by atoms with van der Waals surface area (Å²) in [4.78, 5) is 22.8. The van der Waals surface area contributed by atoms with Crippen LogP contribution >= 0.6 is 15.9 Å². The maximum atomic E-state index is 12.9. The Kier molecular flexibility index (Phi) is 6.61. The van der Waals surface area contributed by atoms with Crippen molar-refractivity contribution in [1.82, 2.24) is 5.32 Å². The van der Waals surface area contributed by atoms with Crippen LogP contribution in [-0.2, 0) is 9.59 Å². The largest absolute Gasteiger partial charge is 0.483 e. The Balaban J connectivity index is 2.58. The second kappa shape index (κ2) is 7.97. The Morgan fingerprint density at radius 2 is 2.14 bits per heavy atom. The fourth-order valence-corrected chi connectivity index (χ4v) is 2.10. The molecule has 0 bridgehead atoms. The van der Waals surface area contributed by atoms with Gasteiger partial charge in [-0.1, -0.05) is 20.3 Å². The Labute approximate surface area is 130 Å². The molecule has 2 atom stereocenters. The smallest absolute Gasteiger partial charge is 0.326 e. The van der Waals surface area contributed by atoms with Gasteiger partial charge in [0.05, 0.1) is 4.47 Å². The average Bonchev–Trinajstić information content (AvgIpc) is 2.42. The number of aliphatic carboxylic acids is 1. The molecule has 2 N–H and O–H groups in total. The van der Waals surface area contributed by atoms with E-state index in [0.29, 0.717) is 16.6 Å². The lowest BCUT2D eigenvalue weighted by atomic mass is 9.99. The van der Waals surface area contributed by atoms with Gasteiger partial charge in [0.15, 0.2) is 6.61 Å². The van der Waals surface area contributed by atoms with Crippen LogP contribution in [0.25, 0.3) is 0 Å². The van der Waals surface area contributed by atoms with E-state index in [1.165, 1.54) is 18.2 Å². The van der Waals surface area contributed by atoms with E-state index in [2.05, 4.69) is 21.2 Å². The second-order valence-corrected chi connectivity index (χ2v) is 5.49. The van der Waals surface area contributed by atoms with Crippen molar-refractivity contribution >= 4 is 27.8 Å². The number of rotatable bonds is 7. The molecule has 0 fully saturated rings. The van der Waals surface area contributed by atoms with Crippen LogP contribution in [0, 0.1) is 11.7 Å². The van der Waals surface area contributed by atoms with Crippen molar-refractivity contribution in [2.24, 2.45) is 5.92 Å². The number of benzene rings is 1. The summed E-state index contributed by atoms with van der Waals surface area (Å²) in [6.45, 7) is 3.25. The summed E-state index contributed by atoms with van der Waals surface area (Å²) in [6.07, 6.45) is 0.627. The lowest BCUT2D eigenvalue weighted by molar-refractivity contribution is -0.143. The first kappa shape index (κ1) is 17.4. The maximum Gasteiger partial charge on any atom is 0.326 e. The van der Waals surface area contributed by atoms with Gasteiger partial charge < -0.3 is 15.2 Å². The minimum Gasteiger partial charge on any atom is -0.483 e. The average molecular weight is 362 g/mol. The van der Waals surface area contributed by atoms with Crippen LogP contribution in [0.15, 0.2) is 22.7 Å². The van der Waals surface area contributed by atoms with Gasteiger partial charge in [-0.25, -0.2) is 9.18 Å². The van der Waals surface area contributed by atoms with Gasteiger partial charge in [0, 0.05) is 0 Å². The zero-order valence-electron chi connectivity index (χ0n) is 11.7. The van der Waals surface area contributed by atoms with Crippen molar-refractivity contribution in [3.63, 3.8) is 0 Å². The summed E-state index contributed by atoms with van der Waals surface area (Å²) in [7, 11) is 0. The predicted octanol–water partition coefficient (Wildman–Crippen LogP) is 2.58. The van der Waals surface area contributed by atoms with Crippen molar-refractivity contribution in [3.8, 4) is 5.75 Å². The summed E-state index contributed by atoms with van der Waals surface area (Å²) in [5, 5.41) is 11.5. The van der Waals surface area contributed by atoms with Gasteiger partial charge in [0.25, 0.3) is 5.91 Å². The normalized spacial score (nSPS) is 13.3. The molecule has 0 spiro atoms. The molecule has 7 heteroatoms. The van der Waals surface area contributed by atoms with E-state index in [1.807, 2.05) is 6.92 Å². The number of carbonyl (C=O) groups is 2. The van der Waals surface area contributed by atoms with Gasteiger partial charge >= 0.3 is 5.97 Å². The van der Waals surface area contributed by atoms with Crippen molar-refractivity contribution < 1.29 is 23.8 Å². The Morgan fingerprint density at radius 3 is 2.67 bits per heavy atom. The molecule has 1 aromatic rings. The minimum atomic E-state index is -1.08. The van der Waals surface area contributed by atoms with E-state index in [4.69, 9.17) is 9.84 Å². The molecule has 0 aliphatic heterocycles. The molecule has 0 aromatic heterocycles. The molecule has 1 rings (SSSR count). The van der Waals surface area contributed by atoms with Gasteiger partial charge in [0.2, 0.25) is 0 Å². The number of ether oxygens (including phenoxy) is 1. The highest BCUT2D eigenvalue weighted by Gasteiger charge is 2.25. The van der Waals surface area contributed by atoms with Gasteiger partial charge in [-0.05, 0) is 40.0 Å². The zero-order valence-corrected chi connectivity index (χ0v) is 13.3. The van der Waals surface area contributed by atoms with Gasteiger partial charge in [-0.2, -0.15) is 0 Å². The zero-order chi connectivity index (χ0) is 16.0. The highest BCUT2D eigenvalue weighted by atomic mass is 79.9. The molecule has 0 heterocycles. The molecule has 1 aromatic carbocycles. The first-order valence-electron chi connectivity index (χ1n) is 6.45. The van der Waals surface area contributed by atoms with Crippen LogP contribution in [-0.4, -0.2) is 29.6 Å². The standard InChI is InChI=1S/C14H17BrFNO4/c1-3-8(2)13(14(19)20)17-12(18)7-21-11-5-4-9(16)6-10(11)15/h4-6,8,13H,3,7H2,1-2H3,(H,17,18)(H,19,20)/t8-,13-/m0/s1. The molecule has 0 saturated heterocycles. The molecule has 1 amide bonds. The summed E-state index contributed by atoms with van der Waals surface area (Å²) >= 11 is 3.11. The van der Waals surface area contributed by atoms with Crippen LogP contribution in [0.2, 0.25) is 0 Å². The van der Waals surface area contributed by atoms with Crippen molar-refractivity contribution in [1.29, 1.82) is 0 Å². The SMILES string of the molecule is CC[C@H](C)[C@H](NC(=O)COc1ccc(F)cc1Br)C(=O)O. The number of halogens is 2. The number of hydrogen-bond donors (Lipinski definition) is 2. The minimum absolute atomic E-state index is 0.191. The third kappa shape index (κ3) is 5.34. The number of nitrogens with one attached hydrogen (secondary N) is 1. The lowest BCUT2D eigenvalue weighted by Crippen LogP contribution is -2.46. The first-order chi connectivity index (χ1) is 9.85. The van der Waals surface area contributed by atoms with Crippen LogP contribution in [0.3, 0.4) is 0 Å². The van der Waals surface area contributed by atoms with E-state index < -0.39 is 23.7 Å². The summed E-state index contributed by atoms with van der Waals surface area (Å²) in [6, 6.07) is 2.85. The second-order valence-electron chi connectivity index (χ2n) is 4.63. The fraction of sp³-hybridized carbons (Fsp3) is 0.429. The van der Waals surface area contributed by atoms with Gasteiger partial charge in [0.1, 0.15) is 17.6 Å². The number of carboxylic acids is 1. The van der Waals surface area contributed by atoms with Crippen molar-refractivity contribution in [2.75, 3.05) is 6.61 Å². The number of amides is 1. The van der Waals surface area contributed by atoms with Gasteiger partial charge in [-0.3, -0.25) is 4.79 Å². The van der Waals surface area contributed by atoms with E-state index in [9.17, 15) is 14.0 Å². The van der Waals surface area contributed by atoms with Crippen molar-refractivity contribution in [2.45, 2.75) is 26.3 Å². The van der Waals surface area contributed by atoms with Crippen LogP contribution < -0.4 is 10.1 Å². The van der Waals surface area contributed by atoms with Crippen LogP contribution in [0.1, 0.15) is 20.3 Å². The first-order valence-corrected chi connectivity index (χ1v) is 7.24. The third-order valence-corrected chi connectivity index (χ3v) is 3.67. The van der Waals surface area contributed by atoms with E-state index in [-0.39, 0.29) is 12.5 Å². The molecule has 0 aliphatic rings. The van der Waals surface area contributed by atoms with Gasteiger partial charge in [-0.15, -0.1) is 0 Å².